The maximum Gasteiger partial charge on any atom is 0.242 e. The van der Waals surface area contributed by atoms with E-state index in [1.54, 1.807) is 0 Å². The molecule has 3 heterocycles. The third-order valence-corrected chi connectivity index (χ3v) is 10.9. The van der Waals surface area contributed by atoms with Crippen molar-refractivity contribution in [2.45, 2.75) is 62.7 Å². The third kappa shape index (κ3) is 6.46. The van der Waals surface area contributed by atoms with Crippen LogP contribution in [0.4, 0.5) is 21.5 Å². The van der Waals surface area contributed by atoms with Crippen molar-refractivity contribution in [3.05, 3.63) is 89.7 Å². The molecule has 42 heavy (non-hydrogen) atoms. The van der Waals surface area contributed by atoms with Crippen LogP contribution in [0.15, 0.2) is 72.8 Å². The Morgan fingerprint density at radius 2 is 1.07 bits per heavy atom. The van der Waals surface area contributed by atoms with Gasteiger partial charge in [-0.2, -0.15) is 0 Å². The molecule has 2 N–H and O–H groups in total. The van der Waals surface area contributed by atoms with Crippen molar-refractivity contribution in [3.8, 4) is 0 Å². The number of carbonyl (C=O) groups excluding carboxylic acids is 2. The molecule has 0 radical (unpaired) electrons. The van der Waals surface area contributed by atoms with Gasteiger partial charge in [-0.1, -0.05) is 24.3 Å². The van der Waals surface area contributed by atoms with Gasteiger partial charge in [0.1, 0.15) is 5.82 Å². The van der Waals surface area contributed by atoms with Crippen LogP contribution >= 0.6 is 45.7 Å². The number of carbonyl (C=O) groups is 2. The Morgan fingerprint density at radius 3 is 1.45 bits per heavy atom. The molecular weight excluding hydrogens is 759 g/mol. The van der Waals surface area contributed by atoms with Crippen molar-refractivity contribution in [1.29, 1.82) is 0 Å². The average Bonchev–Trinajstić information content (AvgIpc) is 3.74. The lowest BCUT2D eigenvalue weighted by molar-refractivity contribution is -0.119. The Kier molecular flexibility index (Phi) is 9.32. The van der Waals surface area contributed by atoms with Crippen LogP contribution < -0.4 is 15.5 Å². The summed E-state index contributed by atoms with van der Waals surface area (Å²) in [6.45, 7) is 1.88. The van der Waals surface area contributed by atoms with Crippen LogP contribution in [0.2, 0.25) is 0 Å². The van der Waals surface area contributed by atoms with E-state index in [1.165, 1.54) is 12.1 Å². The fourth-order valence-corrected chi connectivity index (χ4v) is 8.19. The van der Waals surface area contributed by atoms with Crippen molar-refractivity contribution in [1.82, 2.24) is 6.23 Å². The van der Waals surface area contributed by atoms with Crippen LogP contribution in [0.3, 0.4) is 0 Å². The van der Waals surface area contributed by atoms with Gasteiger partial charge < -0.3 is 15.5 Å². The molecule has 0 spiro atoms. The zero-order chi connectivity index (χ0) is 29.2. The molecule has 4 atom stereocenters. The van der Waals surface area contributed by atoms with E-state index in [9.17, 15) is 14.0 Å². The quantitative estimate of drug-likeness (QED) is 0.193. The van der Waals surface area contributed by atoms with Gasteiger partial charge in [0.2, 0.25) is 11.8 Å². The predicted octanol–water partition coefficient (Wildman–Crippen LogP) is 7.41. The standard InChI is InChI=1S/C32H34FI2N5O2/c33-23-9-15-26(16-10-23)40-27(21-5-11-24(12-6-21)36-31(41)29-3-1-19-38(29)34)17-18-28(40)22-7-13-25(14-8-22)37-32(42)30-4-2-20-39(30)35/h5-16,27-30H,1-4,17-20H2,(H,36,41)(H,37,42)/t27?,28?,29-,30-/m0/s1. The number of benzene rings is 3. The van der Waals surface area contributed by atoms with Crippen molar-refractivity contribution in [3.63, 3.8) is 0 Å². The van der Waals surface area contributed by atoms with Gasteiger partial charge in [-0.25, -0.2) is 10.6 Å². The highest BCUT2D eigenvalue weighted by Gasteiger charge is 2.36. The lowest BCUT2D eigenvalue weighted by Crippen LogP contribution is -2.33. The molecule has 0 aromatic heterocycles. The monoisotopic (exact) mass is 793 g/mol. The van der Waals surface area contributed by atoms with E-state index >= 15 is 0 Å². The summed E-state index contributed by atoms with van der Waals surface area (Å²) in [7, 11) is 0. The van der Waals surface area contributed by atoms with Crippen molar-refractivity contribution < 1.29 is 14.0 Å². The first-order chi connectivity index (χ1) is 20.4. The number of rotatable bonds is 7. The second kappa shape index (κ2) is 13.1. The average molecular weight is 793 g/mol. The first-order valence-electron chi connectivity index (χ1n) is 14.6. The van der Waals surface area contributed by atoms with Crippen molar-refractivity contribution >= 4 is 74.6 Å². The summed E-state index contributed by atoms with van der Waals surface area (Å²) in [5.41, 5.74) is 4.86. The maximum absolute atomic E-state index is 13.9. The van der Waals surface area contributed by atoms with Gasteiger partial charge in [-0.05, 0) is 98.2 Å². The zero-order valence-electron chi connectivity index (χ0n) is 23.2. The van der Waals surface area contributed by atoms with Crippen LogP contribution in [-0.4, -0.2) is 43.2 Å². The first kappa shape index (κ1) is 29.8. The Labute approximate surface area is 274 Å². The smallest absolute Gasteiger partial charge is 0.242 e. The van der Waals surface area contributed by atoms with Crippen LogP contribution in [0, 0.1) is 5.82 Å². The van der Waals surface area contributed by atoms with E-state index in [1.807, 2.05) is 36.4 Å². The normalized spacial score (nSPS) is 24.7. The summed E-state index contributed by atoms with van der Waals surface area (Å²) in [5, 5.41) is 6.16. The molecule has 0 aliphatic carbocycles. The molecule has 6 rings (SSSR count). The van der Waals surface area contributed by atoms with Gasteiger partial charge in [0, 0.05) is 75.9 Å². The van der Waals surface area contributed by atoms with E-state index in [-0.39, 0.29) is 41.8 Å². The minimum Gasteiger partial charge on any atom is -0.357 e. The maximum atomic E-state index is 13.9. The summed E-state index contributed by atoms with van der Waals surface area (Å²) in [4.78, 5) is 27.9. The summed E-state index contributed by atoms with van der Waals surface area (Å²) in [5.74, 6) is -0.179. The lowest BCUT2D eigenvalue weighted by atomic mass is 10.0. The highest BCUT2D eigenvalue weighted by atomic mass is 127. The van der Waals surface area contributed by atoms with E-state index in [0.717, 1.165) is 79.8 Å². The predicted molar refractivity (Wildman–Crippen MR) is 181 cm³/mol. The highest BCUT2D eigenvalue weighted by molar-refractivity contribution is 14.1. The summed E-state index contributed by atoms with van der Waals surface area (Å²) in [6.07, 6.45) is 5.71. The number of nitrogens with one attached hydrogen (secondary N) is 2. The Hall–Kier alpha value is -2.29. The zero-order valence-corrected chi connectivity index (χ0v) is 27.5. The number of halogens is 3. The minimum atomic E-state index is -0.258. The molecule has 3 aromatic rings. The van der Waals surface area contributed by atoms with Gasteiger partial charge in [0.15, 0.2) is 0 Å². The molecule has 3 aliphatic heterocycles. The number of nitrogens with zero attached hydrogens (tertiary/aromatic N) is 3. The van der Waals surface area contributed by atoms with Crippen LogP contribution in [0.25, 0.3) is 0 Å². The van der Waals surface area contributed by atoms with Gasteiger partial charge in [-0.3, -0.25) is 9.59 Å². The van der Waals surface area contributed by atoms with Crippen molar-refractivity contribution in [2.75, 3.05) is 28.6 Å². The summed E-state index contributed by atoms with van der Waals surface area (Å²) in [6, 6.07) is 23.0. The van der Waals surface area contributed by atoms with Gasteiger partial charge in [-0.15, -0.1) is 0 Å². The molecule has 3 fully saturated rings. The second-order valence-corrected chi connectivity index (χ2v) is 13.8. The largest absolute Gasteiger partial charge is 0.357 e. The fraction of sp³-hybridized carbons (Fsp3) is 0.375. The van der Waals surface area contributed by atoms with E-state index in [0.29, 0.717) is 0 Å². The molecule has 10 heteroatoms. The molecular formula is C32H34FI2N5O2. The number of amides is 2. The molecule has 0 bridgehead atoms. The van der Waals surface area contributed by atoms with Crippen LogP contribution in [-0.2, 0) is 9.59 Å². The Bertz CT molecular complexity index is 1320. The minimum absolute atomic E-state index is 0.0398. The molecule has 220 valence electrons. The highest BCUT2D eigenvalue weighted by Crippen LogP contribution is 2.47. The van der Waals surface area contributed by atoms with E-state index in [4.69, 9.17) is 0 Å². The second-order valence-electron chi connectivity index (χ2n) is 11.3. The van der Waals surface area contributed by atoms with Gasteiger partial charge in [0.25, 0.3) is 0 Å². The summed E-state index contributed by atoms with van der Waals surface area (Å²) >= 11 is 4.47. The lowest BCUT2D eigenvalue weighted by Gasteiger charge is -2.33. The van der Waals surface area contributed by atoms with Crippen LogP contribution in [0.1, 0.15) is 61.7 Å². The third-order valence-electron chi connectivity index (χ3n) is 8.62. The Balaban J connectivity index is 1.19. The number of anilines is 3. The molecule has 7 nitrogen and oxygen atoms in total. The van der Waals surface area contributed by atoms with E-state index in [2.05, 4.69) is 91.8 Å². The van der Waals surface area contributed by atoms with Crippen molar-refractivity contribution in [2.24, 2.45) is 0 Å². The number of hydrogen-bond acceptors (Lipinski definition) is 5. The molecule has 0 saturated carbocycles. The Morgan fingerprint density at radius 1 is 0.643 bits per heavy atom. The molecule has 3 aliphatic rings. The molecule has 3 saturated heterocycles. The van der Waals surface area contributed by atoms with Crippen LogP contribution in [0.5, 0.6) is 0 Å². The molecule has 3 aromatic carbocycles. The first-order valence-corrected chi connectivity index (χ1v) is 16.5. The SMILES string of the molecule is O=C(Nc1ccc(C2CCC(c3ccc(NC(=O)[C@@H]4CCCN4I)cc3)N2c2ccc(F)cc2)cc1)[C@@H]1CCCN1I. The van der Waals surface area contributed by atoms with Gasteiger partial charge >= 0.3 is 0 Å². The number of hydrogen-bond donors (Lipinski definition) is 2. The molecule has 2 unspecified atom stereocenters. The summed E-state index contributed by atoms with van der Waals surface area (Å²) < 4.78 is 18.0. The van der Waals surface area contributed by atoms with E-state index < -0.39 is 0 Å². The van der Waals surface area contributed by atoms with Gasteiger partial charge in [0.05, 0.1) is 24.2 Å². The fourth-order valence-electron chi connectivity index (χ4n) is 6.45. The topological polar surface area (TPSA) is 67.9 Å². The molecule has 2 amide bonds.